The van der Waals surface area contributed by atoms with Crippen LogP contribution >= 0.6 is 0 Å². The Bertz CT molecular complexity index is 342. The quantitative estimate of drug-likeness (QED) is 0.741. The lowest BCUT2D eigenvalue weighted by Gasteiger charge is -2.36. The van der Waals surface area contributed by atoms with Gasteiger partial charge in [-0.15, -0.1) is 0 Å². The largest absolute Gasteiger partial charge is 0.480 e. The number of carboxylic acids is 1. The van der Waals surface area contributed by atoms with E-state index in [-0.39, 0.29) is 5.92 Å². The molecular weight excluding hydrogens is 266 g/mol. The molecule has 1 saturated carbocycles. The summed E-state index contributed by atoms with van der Waals surface area (Å²) in [5.74, 6) is -0.395. The maximum Gasteiger partial charge on any atom is 0.324 e. The fourth-order valence-corrected chi connectivity index (χ4v) is 4.08. The van der Waals surface area contributed by atoms with Crippen LogP contribution in [0.4, 0.5) is 0 Å². The number of carbonyl (C=O) groups is 1. The molecule has 2 N–H and O–H groups in total. The zero-order valence-electron chi connectivity index (χ0n) is 13.6. The molecule has 5 heteroatoms. The number of carboxylic acid groups (broad SMARTS) is 1. The molecule has 2 aliphatic rings. The highest BCUT2D eigenvalue weighted by Gasteiger charge is 2.47. The second kappa shape index (κ2) is 7.56. The average molecular weight is 297 g/mol. The fourth-order valence-electron chi connectivity index (χ4n) is 4.08. The van der Waals surface area contributed by atoms with Crippen LogP contribution in [0.25, 0.3) is 0 Å². The predicted molar refractivity (Wildman–Crippen MR) is 84.6 cm³/mol. The van der Waals surface area contributed by atoms with Gasteiger partial charge in [0.2, 0.25) is 0 Å². The van der Waals surface area contributed by atoms with Gasteiger partial charge in [0.1, 0.15) is 5.54 Å². The summed E-state index contributed by atoms with van der Waals surface area (Å²) in [5, 5.41) is 12.7. The molecule has 0 aromatic heterocycles. The summed E-state index contributed by atoms with van der Waals surface area (Å²) in [5.41, 5.74) is -0.677. The highest BCUT2D eigenvalue weighted by Crippen LogP contribution is 2.38. The highest BCUT2D eigenvalue weighted by molar-refractivity contribution is 5.79. The van der Waals surface area contributed by atoms with E-state index in [1.165, 1.54) is 13.0 Å². The number of nitrogens with one attached hydrogen (secondary N) is 1. The van der Waals surface area contributed by atoms with Crippen LogP contribution in [0.15, 0.2) is 0 Å². The minimum Gasteiger partial charge on any atom is -0.480 e. The molecule has 0 spiro atoms. The summed E-state index contributed by atoms with van der Waals surface area (Å²) in [7, 11) is 1.80. The van der Waals surface area contributed by atoms with Crippen LogP contribution in [0.3, 0.4) is 0 Å². The van der Waals surface area contributed by atoms with E-state index in [0.717, 1.165) is 58.4 Å². The number of aliphatic carboxylic acids is 1. The molecule has 0 aromatic rings. The van der Waals surface area contributed by atoms with Crippen LogP contribution in [-0.2, 0) is 4.79 Å². The van der Waals surface area contributed by atoms with E-state index in [4.69, 9.17) is 0 Å². The van der Waals surface area contributed by atoms with Gasteiger partial charge < -0.3 is 20.2 Å². The van der Waals surface area contributed by atoms with Gasteiger partial charge in [0.15, 0.2) is 0 Å². The monoisotopic (exact) mass is 297 g/mol. The summed E-state index contributed by atoms with van der Waals surface area (Å²) in [4.78, 5) is 16.7. The van der Waals surface area contributed by atoms with Gasteiger partial charge in [-0.3, -0.25) is 4.79 Å². The van der Waals surface area contributed by atoms with Crippen molar-refractivity contribution in [2.24, 2.45) is 5.92 Å². The SMILES string of the molecule is CCCN1CCN(CCC2CCCC2(NC)C(=O)O)CC1. The van der Waals surface area contributed by atoms with Crippen molar-refractivity contribution in [3.63, 3.8) is 0 Å². The van der Waals surface area contributed by atoms with E-state index in [2.05, 4.69) is 22.0 Å². The van der Waals surface area contributed by atoms with Crippen molar-refractivity contribution in [1.82, 2.24) is 15.1 Å². The van der Waals surface area contributed by atoms with Crippen molar-refractivity contribution >= 4 is 5.97 Å². The Morgan fingerprint density at radius 2 is 1.86 bits per heavy atom. The van der Waals surface area contributed by atoms with Gasteiger partial charge in [-0.25, -0.2) is 0 Å². The Kier molecular flexibility index (Phi) is 6.02. The third kappa shape index (κ3) is 3.76. The zero-order valence-corrected chi connectivity index (χ0v) is 13.6. The lowest BCUT2D eigenvalue weighted by molar-refractivity contribution is -0.146. The Morgan fingerprint density at radius 1 is 1.24 bits per heavy atom. The maximum atomic E-state index is 11.6. The fraction of sp³-hybridized carbons (Fsp3) is 0.938. The van der Waals surface area contributed by atoms with Crippen molar-refractivity contribution in [3.05, 3.63) is 0 Å². The lowest BCUT2D eigenvalue weighted by atomic mass is 9.84. The molecule has 1 heterocycles. The summed E-state index contributed by atoms with van der Waals surface area (Å²) in [6, 6.07) is 0. The van der Waals surface area contributed by atoms with Gasteiger partial charge in [-0.1, -0.05) is 13.3 Å². The summed E-state index contributed by atoms with van der Waals surface area (Å²) < 4.78 is 0. The topological polar surface area (TPSA) is 55.8 Å². The average Bonchev–Trinajstić information content (AvgIpc) is 2.91. The molecule has 2 atom stereocenters. The van der Waals surface area contributed by atoms with Gasteiger partial charge in [0.05, 0.1) is 0 Å². The van der Waals surface area contributed by atoms with Gasteiger partial charge in [0, 0.05) is 26.2 Å². The smallest absolute Gasteiger partial charge is 0.324 e. The number of piperazine rings is 1. The molecule has 0 amide bonds. The summed E-state index contributed by atoms with van der Waals surface area (Å²) >= 11 is 0. The second-order valence-corrected chi connectivity index (χ2v) is 6.59. The normalized spacial score (nSPS) is 31.6. The van der Waals surface area contributed by atoms with Crippen molar-refractivity contribution in [1.29, 1.82) is 0 Å². The summed E-state index contributed by atoms with van der Waals surface area (Å²) in [6.45, 7) is 9.07. The van der Waals surface area contributed by atoms with Crippen molar-refractivity contribution in [2.75, 3.05) is 46.3 Å². The summed E-state index contributed by atoms with van der Waals surface area (Å²) in [6.07, 6.45) is 5.07. The van der Waals surface area contributed by atoms with Gasteiger partial charge >= 0.3 is 5.97 Å². The molecule has 0 radical (unpaired) electrons. The molecule has 1 saturated heterocycles. The number of hydrogen-bond donors (Lipinski definition) is 2. The molecule has 21 heavy (non-hydrogen) atoms. The first kappa shape index (κ1) is 16.7. The molecule has 5 nitrogen and oxygen atoms in total. The van der Waals surface area contributed by atoms with E-state index >= 15 is 0 Å². The molecule has 0 bridgehead atoms. The number of hydrogen-bond acceptors (Lipinski definition) is 4. The minimum atomic E-state index is -0.677. The highest BCUT2D eigenvalue weighted by atomic mass is 16.4. The first-order valence-electron chi connectivity index (χ1n) is 8.49. The number of likely N-dealkylation sites (N-methyl/N-ethyl adjacent to an activating group) is 1. The third-order valence-electron chi connectivity index (χ3n) is 5.45. The first-order chi connectivity index (χ1) is 10.1. The van der Waals surface area contributed by atoms with Crippen LogP contribution < -0.4 is 5.32 Å². The number of rotatable bonds is 7. The molecule has 2 unspecified atom stereocenters. The van der Waals surface area contributed by atoms with Crippen LogP contribution in [0.5, 0.6) is 0 Å². The third-order valence-corrected chi connectivity index (χ3v) is 5.45. The van der Waals surface area contributed by atoms with Gasteiger partial charge in [0.25, 0.3) is 0 Å². The standard InChI is InChI=1S/C16H31N3O2/c1-3-8-18-10-12-19(13-11-18)9-6-14-5-4-7-16(14,17-2)15(20)21/h14,17H,3-13H2,1-2H3,(H,20,21). The molecule has 2 fully saturated rings. The van der Waals surface area contributed by atoms with Crippen LogP contribution in [0.2, 0.25) is 0 Å². The number of nitrogens with zero attached hydrogens (tertiary/aromatic N) is 2. The van der Waals surface area contributed by atoms with E-state index in [0.29, 0.717) is 0 Å². The molecular formula is C16H31N3O2. The van der Waals surface area contributed by atoms with E-state index in [1.54, 1.807) is 7.05 Å². The van der Waals surface area contributed by atoms with Crippen molar-refractivity contribution in [3.8, 4) is 0 Å². The molecule has 0 aromatic carbocycles. The van der Waals surface area contributed by atoms with Gasteiger partial charge in [-0.05, 0) is 51.7 Å². The lowest BCUT2D eigenvalue weighted by Crippen LogP contribution is -2.54. The molecule has 1 aliphatic carbocycles. The van der Waals surface area contributed by atoms with Crippen LogP contribution in [0.1, 0.15) is 39.0 Å². The Labute approximate surface area is 128 Å². The Hall–Kier alpha value is -0.650. The van der Waals surface area contributed by atoms with Gasteiger partial charge in [-0.2, -0.15) is 0 Å². The Balaban J connectivity index is 1.79. The maximum absolute atomic E-state index is 11.6. The van der Waals surface area contributed by atoms with E-state index < -0.39 is 11.5 Å². The van der Waals surface area contributed by atoms with Crippen molar-refractivity contribution in [2.45, 2.75) is 44.6 Å². The Morgan fingerprint density at radius 3 is 2.38 bits per heavy atom. The molecule has 122 valence electrons. The van der Waals surface area contributed by atoms with Crippen molar-refractivity contribution < 1.29 is 9.90 Å². The predicted octanol–water partition coefficient (Wildman–Crippen LogP) is 1.25. The minimum absolute atomic E-state index is 0.272. The molecule has 1 aliphatic heterocycles. The van der Waals surface area contributed by atoms with E-state index in [1.807, 2.05) is 0 Å². The van der Waals surface area contributed by atoms with Crippen LogP contribution in [-0.4, -0.2) is 72.7 Å². The molecule has 2 rings (SSSR count). The van der Waals surface area contributed by atoms with E-state index in [9.17, 15) is 9.90 Å². The first-order valence-corrected chi connectivity index (χ1v) is 8.49. The zero-order chi connectivity index (χ0) is 15.3. The van der Waals surface area contributed by atoms with Crippen LogP contribution in [0, 0.1) is 5.92 Å². The second-order valence-electron chi connectivity index (χ2n) is 6.59.